The molecule has 0 bridgehead atoms. The van der Waals surface area contributed by atoms with Crippen LogP contribution in [0, 0.1) is 5.41 Å². The number of nitrogens with zero attached hydrogens (tertiary/aromatic N) is 1. The van der Waals surface area contributed by atoms with Crippen molar-refractivity contribution in [3.63, 3.8) is 0 Å². The Kier molecular flexibility index (Phi) is 2.37. The van der Waals surface area contributed by atoms with E-state index >= 15 is 0 Å². The van der Waals surface area contributed by atoms with Crippen LogP contribution in [0.4, 0.5) is 0 Å². The molecule has 3 nitrogen and oxygen atoms in total. The molecule has 1 atom stereocenters. The number of hydrogen-bond donors (Lipinski definition) is 0. The Hall–Kier alpha value is 0.260. The van der Waals surface area contributed by atoms with Gasteiger partial charge in [0.25, 0.3) is 0 Å². The van der Waals surface area contributed by atoms with Gasteiger partial charge in [-0.3, -0.25) is 0 Å². The van der Waals surface area contributed by atoms with Gasteiger partial charge in [0, 0.05) is 18.8 Å². The molecule has 2 fully saturated rings. The molecule has 2 saturated heterocycles. The lowest BCUT2D eigenvalue weighted by molar-refractivity contribution is 0.350. The largest absolute Gasteiger partial charge is 0.213 e. The zero-order valence-electron chi connectivity index (χ0n) is 7.82. The molecule has 0 unspecified atom stereocenters. The molecule has 2 aliphatic rings. The highest BCUT2D eigenvalue weighted by Crippen LogP contribution is 2.43. The smallest absolute Gasteiger partial charge is 0.211 e. The highest BCUT2D eigenvalue weighted by atomic mass is 32.2. The lowest BCUT2D eigenvalue weighted by Gasteiger charge is -2.21. The van der Waals surface area contributed by atoms with E-state index in [0.29, 0.717) is 5.41 Å². The summed E-state index contributed by atoms with van der Waals surface area (Å²) in [5.41, 5.74) is 0.327. The Morgan fingerprint density at radius 2 is 2.15 bits per heavy atom. The van der Waals surface area contributed by atoms with Crippen LogP contribution in [0.5, 0.6) is 0 Å². The summed E-state index contributed by atoms with van der Waals surface area (Å²) in [6, 6.07) is 0. The molecular formula is C8H15NO2S2. The predicted molar refractivity (Wildman–Crippen MR) is 55.4 cm³/mol. The number of thioether (sulfide) groups is 1. The van der Waals surface area contributed by atoms with E-state index in [4.69, 9.17) is 0 Å². The summed E-state index contributed by atoms with van der Waals surface area (Å²) >= 11 is 1.96. The molecule has 0 aliphatic carbocycles. The van der Waals surface area contributed by atoms with Crippen LogP contribution < -0.4 is 0 Å². The third-order valence-corrected chi connectivity index (χ3v) is 5.62. The zero-order valence-corrected chi connectivity index (χ0v) is 9.46. The SMILES string of the molecule is CS(=O)(=O)N1CC[C@]2(CCSC2)C1. The van der Waals surface area contributed by atoms with Gasteiger partial charge in [-0.15, -0.1) is 0 Å². The molecule has 2 aliphatic heterocycles. The van der Waals surface area contributed by atoms with Gasteiger partial charge < -0.3 is 0 Å². The topological polar surface area (TPSA) is 37.4 Å². The standard InChI is InChI=1S/C8H15NO2S2/c1-13(10,11)9-4-2-8(6-9)3-5-12-7-8/h2-7H2,1H3/t8-/m0/s1. The molecule has 2 rings (SSSR count). The fraction of sp³-hybridized carbons (Fsp3) is 1.00. The van der Waals surface area contributed by atoms with Gasteiger partial charge in [0.05, 0.1) is 6.26 Å². The highest BCUT2D eigenvalue weighted by Gasteiger charge is 2.43. The van der Waals surface area contributed by atoms with Crippen LogP contribution in [0.3, 0.4) is 0 Å². The van der Waals surface area contributed by atoms with E-state index in [-0.39, 0.29) is 0 Å². The minimum absolute atomic E-state index is 0.327. The quantitative estimate of drug-likeness (QED) is 0.656. The Balaban J connectivity index is 2.09. The van der Waals surface area contributed by atoms with Crippen LogP contribution in [0.25, 0.3) is 0 Å². The van der Waals surface area contributed by atoms with Crippen LogP contribution in [0.1, 0.15) is 12.8 Å². The average Bonchev–Trinajstić information content (AvgIpc) is 2.60. The molecule has 0 saturated carbocycles. The molecule has 0 aromatic heterocycles. The van der Waals surface area contributed by atoms with E-state index < -0.39 is 10.0 Å². The van der Waals surface area contributed by atoms with Gasteiger partial charge in [-0.25, -0.2) is 12.7 Å². The molecule has 0 N–H and O–H groups in total. The zero-order chi connectivity index (χ0) is 9.53. The van der Waals surface area contributed by atoms with Gasteiger partial charge in [-0.05, 0) is 24.0 Å². The summed E-state index contributed by atoms with van der Waals surface area (Å²) in [6.07, 6.45) is 3.57. The first-order chi connectivity index (χ1) is 6.02. The first-order valence-corrected chi connectivity index (χ1v) is 7.55. The minimum Gasteiger partial charge on any atom is -0.213 e. The maximum absolute atomic E-state index is 11.3. The van der Waals surface area contributed by atoms with Crippen molar-refractivity contribution < 1.29 is 8.42 Å². The molecular weight excluding hydrogens is 206 g/mol. The van der Waals surface area contributed by atoms with Gasteiger partial charge in [-0.2, -0.15) is 11.8 Å². The van der Waals surface area contributed by atoms with E-state index in [0.717, 1.165) is 25.3 Å². The van der Waals surface area contributed by atoms with Crippen molar-refractivity contribution in [2.45, 2.75) is 12.8 Å². The third kappa shape index (κ3) is 1.87. The van der Waals surface area contributed by atoms with Crippen molar-refractivity contribution in [3.05, 3.63) is 0 Å². The first-order valence-electron chi connectivity index (χ1n) is 4.55. The summed E-state index contributed by atoms with van der Waals surface area (Å²) in [6.45, 7) is 1.50. The molecule has 0 amide bonds. The average molecular weight is 221 g/mol. The van der Waals surface area contributed by atoms with Crippen LogP contribution in [0.2, 0.25) is 0 Å². The fourth-order valence-electron chi connectivity index (χ4n) is 2.15. The van der Waals surface area contributed by atoms with E-state index in [2.05, 4.69) is 0 Å². The summed E-state index contributed by atoms with van der Waals surface area (Å²) in [5.74, 6) is 2.36. The predicted octanol–water partition coefficient (Wildman–Crippen LogP) is 0.775. The van der Waals surface area contributed by atoms with Crippen molar-refractivity contribution >= 4 is 21.8 Å². The number of rotatable bonds is 1. The normalized spacial score (nSPS) is 36.1. The van der Waals surface area contributed by atoms with Crippen molar-refractivity contribution in [2.24, 2.45) is 5.41 Å². The summed E-state index contributed by atoms with van der Waals surface area (Å²) in [7, 11) is -2.94. The lowest BCUT2D eigenvalue weighted by atomic mass is 9.87. The van der Waals surface area contributed by atoms with Crippen molar-refractivity contribution in [3.8, 4) is 0 Å². The van der Waals surface area contributed by atoms with Gasteiger partial charge in [-0.1, -0.05) is 0 Å². The second-order valence-electron chi connectivity index (χ2n) is 4.15. The monoisotopic (exact) mass is 221 g/mol. The maximum atomic E-state index is 11.3. The van der Waals surface area contributed by atoms with Gasteiger partial charge in [0.2, 0.25) is 10.0 Å². The Morgan fingerprint density at radius 1 is 1.38 bits per heavy atom. The summed E-state index contributed by atoms with van der Waals surface area (Å²) in [4.78, 5) is 0. The molecule has 2 heterocycles. The second kappa shape index (κ2) is 3.14. The lowest BCUT2D eigenvalue weighted by Crippen LogP contribution is -2.31. The maximum Gasteiger partial charge on any atom is 0.211 e. The van der Waals surface area contributed by atoms with Crippen LogP contribution in [0.15, 0.2) is 0 Å². The van der Waals surface area contributed by atoms with Gasteiger partial charge in [0.15, 0.2) is 0 Å². The molecule has 76 valence electrons. The van der Waals surface area contributed by atoms with Crippen LogP contribution in [-0.4, -0.2) is 43.6 Å². The van der Waals surface area contributed by atoms with E-state index in [1.54, 1.807) is 4.31 Å². The van der Waals surface area contributed by atoms with E-state index in [1.807, 2.05) is 11.8 Å². The van der Waals surface area contributed by atoms with E-state index in [1.165, 1.54) is 18.4 Å². The Morgan fingerprint density at radius 3 is 2.62 bits per heavy atom. The Bertz CT molecular complexity index is 293. The van der Waals surface area contributed by atoms with Crippen LogP contribution >= 0.6 is 11.8 Å². The summed E-state index contributed by atoms with van der Waals surface area (Å²) < 4.78 is 24.2. The molecule has 0 radical (unpaired) electrons. The molecule has 1 spiro atoms. The van der Waals surface area contributed by atoms with Crippen LogP contribution in [-0.2, 0) is 10.0 Å². The number of hydrogen-bond acceptors (Lipinski definition) is 3. The molecule has 0 aromatic carbocycles. The Labute approximate surface area is 83.9 Å². The third-order valence-electron chi connectivity index (χ3n) is 3.06. The first kappa shape index (κ1) is 9.80. The molecule has 0 aromatic rings. The second-order valence-corrected chi connectivity index (χ2v) is 7.24. The van der Waals surface area contributed by atoms with Gasteiger partial charge in [0.1, 0.15) is 0 Å². The van der Waals surface area contributed by atoms with E-state index in [9.17, 15) is 8.42 Å². The molecule has 5 heteroatoms. The summed E-state index contributed by atoms with van der Waals surface area (Å²) in [5, 5.41) is 0. The number of sulfonamides is 1. The highest BCUT2D eigenvalue weighted by molar-refractivity contribution is 7.99. The van der Waals surface area contributed by atoms with Gasteiger partial charge >= 0.3 is 0 Å². The fourth-order valence-corrected chi connectivity index (χ4v) is 4.61. The van der Waals surface area contributed by atoms with Crippen molar-refractivity contribution in [1.82, 2.24) is 4.31 Å². The molecule has 13 heavy (non-hydrogen) atoms. The van der Waals surface area contributed by atoms with Crippen molar-refractivity contribution in [2.75, 3.05) is 30.9 Å². The van der Waals surface area contributed by atoms with Crippen molar-refractivity contribution in [1.29, 1.82) is 0 Å². The minimum atomic E-state index is -2.94.